The lowest BCUT2D eigenvalue weighted by Crippen LogP contribution is -2.12. The van der Waals surface area contributed by atoms with Crippen molar-refractivity contribution in [3.05, 3.63) is 40.5 Å². The van der Waals surface area contributed by atoms with Crippen molar-refractivity contribution in [1.29, 1.82) is 0 Å². The van der Waals surface area contributed by atoms with Gasteiger partial charge in [0.25, 0.3) is 5.56 Å². The minimum absolute atomic E-state index is 0.237. The Labute approximate surface area is 138 Å². The first-order valence-electron chi connectivity index (χ1n) is 8.41. The number of aromatic nitrogens is 6. The standard InChI is InChI=1S/C16H21N7O/c1-3-10(2)23-14(11-4-5-11)12(8-19-23)18-9-13-20-21-15-16(24)17-6-7-22(13)15/h6-8,10-11,18H,3-5,9H2,1-2H3,(H,17,24). The lowest BCUT2D eigenvalue weighted by Gasteiger charge is -2.15. The second-order valence-corrected chi connectivity index (χ2v) is 6.37. The molecule has 3 heterocycles. The molecule has 1 atom stereocenters. The van der Waals surface area contributed by atoms with E-state index in [-0.39, 0.29) is 5.56 Å². The molecular formula is C16H21N7O. The number of nitrogens with zero attached hydrogens (tertiary/aromatic N) is 5. The first kappa shape index (κ1) is 14.9. The van der Waals surface area contributed by atoms with Crippen molar-refractivity contribution >= 4 is 11.3 Å². The van der Waals surface area contributed by atoms with E-state index in [0.29, 0.717) is 30.0 Å². The lowest BCUT2D eigenvalue weighted by molar-refractivity contribution is 0.461. The van der Waals surface area contributed by atoms with Crippen LogP contribution in [0.1, 0.15) is 56.6 Å². The Kier molecular flexibility index (Phi) is 3.59. The zero-order valence-electron chi connectivity index (χ0n) is 13.9. The average molecular weight is 327 g/mol. The highest BCUT2D eigenvalue weighted by atomic mass is 16.1. The molecule has 126 valence electrons. The molecule has 0 aromatic carbocycles. The van der Waals surface area contributed by atoms with E-state index >= 15 is 0 Å². The molecule has 1 saturated carbocycles. The minimum atomic E-state index is -0.237. The summed E-state index contributed by atoms with van der Waals surface area (Å²) in [6.45, 7) is 4.87. The first-order chi connectivity index (χ1) is 11.7. The quantitative estimate of drug-likeness (QED) is 0.723. The minimum Gasteiger partial charge on any atom is -0.375 e. The molecule has 1 fully saturated rings. The molecule has 0 radical (unpaired) electrons. The molecule has 0 spiro atoms. The van der Waals surface area contributed by atoms with E-state index in [9.17, 15) is 4.79 Å². The molecule has 0 saturated heterocycles. The Morgan fingerprint density at radius 2 is 2.25 bits per heavy atom. The van der Waals surface area contributed by atoms with Gasteiger partial charge < -0.3 is 10.3 Å². The molecule has 4 rings (SSSR count). The normalized spacial score (nSPS) is 15.8. The zero-order valence-corrected chi connectivity index (χ0v) is 13.9. The maximum Gasteiger partial charge on any atom is 0.293 e. The average Bonchev–Trinajstić information content (AvgIpc) is 3.20. The van der Waals surface area contributed by atoms with Gasteiger partial charge >= 0.3 is 0 Å². The van der Waals surface area contributed by atoms with Gasteiger partial charge in [0.15, 0.2) is 5.82 Å². The molecule has 3 aromatic rings. The maximum absolute atomic E-state index is 11.7. The van der Waals surface area contributed by atoms with Crippen LogP contribution in [0.5, 0.6) is 0 Å². The van der Waals surface area contributed by atoms with Gasteiger partial charge in [-0.1, -0.05) is 6.92 Å². The molecule has 0 aliphatic heterocycles. The summed E-state index contributed by atoms with van der Waals surface area (Å²) in [4.78, 5) is 14.3. The topological polar surface area (TPSA) is 92.9 Å². The van der Waals surface area contributed by atoms with Crippen molar-refractivity contribution in [2.24, 2.45) is 0 Å². The van der Waals surface area contributed by atoms with Crippen LogP contribution in [0, 0.1) is 0 Å². The Morgan fingerprint density at radius 3 is 3.00 bits per heavy atom. The maximum atomic E-state index is 11.7. The third-order valence-corrected chi connectivity index (χ3v) is 4.65. The van der Waals surface area contributed by atoms with Crippen LogP contribution in [0.4, 0.5) is 5.69 Å². The summed E-state index contributed by atoms with van der Waals surface area (Å²) < 4.78 is 3.86. The predicted octanol–water partition coefficient (Wildman–Crippen LogP) is 2.07. The first-order valence-corrected chi connectivity index (χ1v) is 8.41. The molecule has 24 heavy (non-hydrogen) atoms. The number of fused-ring (bicyclic) bond motifs is 1. The van der Waals surface area contributed by atoms with Crippen LogP contribution in [0.3, 0.4) is 0 Å². The summed E-state index contributed by atoms with van der Waals surface area (Å²) in [6, 6.07) is 0.392. The SMILES string of the molecule is CCC(C)n1ncc(NCc2nnc3c(=O)[nH]ccn23)c1C1CC1. The number of hydrogen-bond donors (Lipinski definition) is 2. The fourth-order valence-electron chi connectivity index (χ4n) is 2.98. The summed E-state index contributed by atoms with van der Waals surface area (Å²) in [5, 5.41) is 16.1. The fraction of sp³-hybridized carbons (Fsp3) is 0.500. The molecule has 1 aliphatic rings. The highest BCUT2D eigenvalue weighted by Gasteiger charge is 2.31. The van der Waals surface area contributed by atoms with Gasteiger partial charge in [0.1, 0.15) is 0 Å². The molecule has 0 bridgehead atoms. The van der Waals surface area contributed by atoms with Crippen LogP contribution in [0.15, 0.2) is 23.4 Å². The van der Waals surface area contributed by atoms with E-state index in [1.807, 2.05) is 6.20 Å². The zero-order chi connectivity index (χ0) is 16.7. The Hall–Kier alpha value is -2.64. The molecule has 0 amide bonds. The van der Waals surface area contributed by atoms with Gasteiger partial charge in [-0.15, -0.1) is 10.2 Å². The van der Waals surface area contributed by atoms with Gasteiger partial charge in [-0.25, -0.2) is 0 Å². The highest BCUT2D eigenvalue weighted by Crippen LogP contribution is 2.44. The van der Waals surface area contributed by atoms with Crippen LogP contribution >= 0.6 is 0 Å². The number of rotatable bonds is 6. The van der Waals surface area contributed by atoms with E-state index in [1.165, 1.54) is 18.5 Å². The van der Waals surface area contributed by atoms with Gasteiger partial charge in [-0.3, -0.25) is 13.9 Å². The number of anilines is 1. The van der Waals surface area contributed by atoms with E-state index < -0.39 is 0 Å². The van der Waals surface area contributed by atoms with Crippen molar-refractivity contribution in [3.63, 3.8) is 0 Å². The van der Waals surface area contributed by atoms with Gasteiger partial charge in [0.05, 0.1) is 24.1 Å². The van der Waals surface area contributed by atoms with Crippen molar-refractivity contribution in [2.45, 2.75) is 51.6 Å². The van der Waals surface area contributed by atoms with Gasteiger partial charge in [-0.2, -0.15) is 5.10 Å². The molecular weight excluding hydrogens is 306 g/mol. The van der Waals surface area contributed by atoms with E-state index in [1.54, 1.807) is 16.8 Å². The van der Waals surface area contributed by atoms with Crippen molar-refractivity contribution in [1.82, 2.24) is 29.4 Å². The Bertz CT molecular complexity index is 918. The van der Waals surface area contributed by atoms with Gasteiger partial charge in [-0.05, 0) is 26.2 Å². The second kappa shape index (κ2) is 5.77. The third kappa shape index (κ3) is 2.47. The molecule has 8 nitrogen and oxygen atoms in total. The molecule has 1 aliphatic carbocycles. The second-order valence-electron chi connectivity index (χ2n) is 6.37. The monoisotopic (exact) mass is 327 g/mol. The van der Waals surface area contributed by atoms with E-state index in [0.717, 1.165) is 12.1 Å². The third-order valence-electron chi connectivity index (χ3n) is 4.65. The lowest BCUT2D eigenvalue weighted by atomic mass is 10.2. The summed E-state index contributed by atoms with van der Waals surface area (Å²) >= 11 is 0. The molecule has 1 unspecified atom stereocenters. The summed E-state index contributed by atoms with van der Waals surface area (Å²) in [7, 11) is 0. The summed E-state index contributed by atoms with van der Waals surface area (Å²) in [5.74, 6) is 1.30. The number of H-pyrrole nitrogens is 1. The van der Waals surface area contributed by atoms with Crippen molar-refractivity contribution in [3.8, 4) is 0 Å². The Morgan fingerprint density at radius 1 is 1.42 bits per heavy atom. The van der Waals surface area contributed by atoms with Gasteiger partial charge in [0.2, 0.25) is 5.65 Å². The molecule has 8 heteroatoms. The number of nitrogens with one attached hydrogen (secondary N) is 2. The van der Waals surface area contributed by atoms with Gasteiger partial charge in [0, 0.05) is 24.4 Å². The number of hydrogen-bond acceptors (Lipinski definition) is 5. The highest BCUT2D eigenvalue weighted by molar-refractivity contribution is 5.50. The fourth-order valence-corrected chi connectivity index (χ4v) is 2.98. The van der Waals surface area contributed by atoms with Crippen molar-refractivity contribution < 1.29 is 0 Å². The summed E-state index contributed by atoms with van der Waals surface area (Å²) in [5.41, 5.74) is 2.42. The summed E-state index contributed by atoms with van der Waals surface area (Å²) in [6.07, 6.45) is 8.76. The van der Waals surface area contributed by atoms with Crippen LogP contribution in [-0.2, 0) is 6.54 Å². The van der Waals surface area contributed by atoms with E-state index in [4.69, 9.17) is 0 Å². The van der Waals surface area contributed by atoms with E-state index in [2.05, 4.69) is 44.1 Å². The Balaban J connectivity index is 1.60. The molecule has 3 aromatic heterocycles. The number of aromatic amines is 1. The predicted molar refractivity (Wildman–Crippen MR) is 90.1 cm³/mol. The largest absolute Gasteiger partial charge is 0.375 e. The van der Waals surface area contributed by atoms with Crippen LogP contribution in [0.2, 0.25) is 0 Å². The molecule has 2 N–H and O–H groups in total. The van der Waals surface area contributed by atoms with Crippen molar-refractivity contribution in [2.75, 3.05) is 5.32 Å². The van der Waals surface area contributed by atoms with Crippen LogP contribution in [0.25, 0.3) is 5.65 Å². The van der Waals surface area contributed by atoms with Crippen LogP contribution in [-0.4, -0.2) is 29.4 Å². The van der Waals surface area contributed by atoms with Crippen LogP contribution < -0.4 is 10.9 Å². The smallest absolute Gasteiger partial charge is 0.293 e.